The highest BCUT2D eigenvalue weighted by Crippen LogP contribution is 2.28. The molecule has 2 aromatic rings. The van der Waals surface area contributed by atoms with E-state index in [4.69, 9.17) is 14.9 Å². The van der Waals surface area contributed by atoms with Crippen LogP contribution in [0.1, 0.15) is 25.0 Å². The highest BCUT2D eigenvalue weighted by Gasteiger charge is 2.32. The summed E-state index contributed by atoms with van der Waals surface area (Å²) in [5.41, 5.74) is 3.90. The Labute approximate surface area is 211 Å². The van der Waals surface area contributed by atoms with Gasteiger partial charge in [0, 0.05) is 17.8 Å². The first-order chi connectivity index (χ1) is 17.2. The molecule has 0 aliphatic carbocycles. The van der Waals surface area contributed by atoms with E-state index in [0.29, 0.717) is 25.2 Å². The third-order valence-electron chi connectivity index (χ3n) is 6.02. The van der Waals surface area contributed by atoms with Gasteiger partial charge in [-0.1, -0.05) is 12.1 Å². The minimum Gasteiger partial charge on any atom is -0.470 e. The Hall–Kier alpha value is -3.61. The number of quaternary nitrogens is 1. The van der Waals surface area contributed by atoms with Crippen LogP contribution in [0.5, 0.6) is 0 Å². The summed E-state index contributed by atoms with van der Waals surface area (Å²) in [5, 5.41) is 18.2. The molecule has 12 heteroatoms. The molecular formula is C24H31N6O5S+. The van der Waals surface area contributed by atoms with E-state index >= 15 is 0 Å². The topological polar surface area (TPSA) is 142 Å². The van der Waals surface area contributed by atoms with Crippen LogP contribution >= 0.6 is 0 Å². The van der Waals surface area contributed by atoms with Gasteiger partial charge in [-0.3, -0.25) is 14.7 Å². The molecule has 0 saturated carbocycles. The molecule has 1 amide bonds. The molecular weight excluding hydrogens is 484 g/mol. The summed E-state index contributed by atoms with van der Waals surface area (Å²) < 4.78 is 37.7. The number of rotatable bonds is 13. The lowest BCUT2D eigenvalue weighted by molar-refractivity contribution is -0.115. The van der Waals surface area contributed by atoms with Crippen molar-refractivity contribution in [3.05, 3.63) is 65.7 Å². The number of nitrogens with one attached hydrogen (secondary N) is 3. The van der Waals surface area contributed by atoms with E-state index in [1.54, 1.807) is 12.1 Å². The Morgan fingerprint density at radius 1 is 1.19 bits per heavy atom. The first kappa shape index (κ1) is 27.0. The fourth-order valence-corrected chi connectivity index (χ4v) is 5.16. The van der Waals surface area contributed by atoms with Crippen molar-refractivity contribution in [2.24, 2.45) is 10.2 Å². The van der Waals surface area contributed by atoms with E-state index in [1.165, 1.54) is 13.3 Å². The maximum atomic E-state index is 12.2. The van der Waals surface area contributed by atoms with Crippen molar-refractivity contribution in [2.75, 3.05) is 31.3 Å². The zero-order valence-corrected chi connectivity index (χ0v) is 21.3. The second-order valence-corrected chi connectivity index (χ2v) is 10.1. The lowest BCUT2D eigenvalue weighted by atomic mass is 10.1. The summed E-state index contributed by atoms with van der Waals surface area (Å²) in [4.78, 5) is 11.6. The van der Waals surface area contributed by atoms with E-state index in [-0.39, 0.29) is 28.8 Å². The number of nitrogens with zero attached hydrogens (tertiary/aromatic N) is 3. The first-order valence-electron chi connectivity index (χ1n) is 11.4. The van der Waals surface area contributed by atoms with Crippen molar-refractivity contribution in [3.63, 3.8) is 0 Å². The number of benzene rings is 2. The van der Waals surface area contributed by atoms with Crippen LogP contribution in [0.2, 0.25) is 0 Å². The summed E-state index contributed by atoms with van der Waals surface area (Å²) in [5.74, 6) is -0.0503. The Kier molecular flexibility index (Phi) is 8.91. The Morgan fingerprint density at radius 3 is 2.56 bits per heavy atom. The highest BCUT2D eigenvalue weighted by atomic mass is 32.2. The summed E-state index contributed by atoms with van der Waals surface area (Å²) in [6.45, 7) is 5.27. The van der Waals surface area contributed by atoms with Crippen LogP contribution < -0.4 is 14.5 Å². The van der Waals surface area contributed by atoms with E-state index in [1.807, 2.05) is 44.2 Å². The van der Waals surface area contributed by atoms with Gasteiger partial charge in [-0.05, 0) is 50.2 Å². The van der Waals surface area contributed by atoms with Crippen LogP contribution in [0.3, 0.4) is 0 Å². The quantitative estimate of drug-likeness (QED) is 0.122. The number of carbonyl (C=O) groups is 1. The molecule has 36 heavy (non-hydrogen) atoms. The molecule has 0 fully saturated rings. The summed E-state index contributed by atoms with van der Waals surface area (Å²) in [6.07, 6.45) is 2.27. The summed E-state index contributed by atoms with van der Waals surface area (Å²) in [7, 11) is -2.01. The lowest BCUT2D eigenvalue weighted by Gasteiger charge is -2.35. The van der Waals surface area contributed by atoms with Crippen molar-refractivity contribution >= 4 is 39.4 Å². The van der Waals surface area contributed by atoms with Crippen LogP contribution in [0, 0.1) is 5.41 Å². The van der Waals surface area contributed by atoms with E-state index in [0.717, 1.165) is 28.9 Å². The monoisotopic (exact) mass is 515 g/mol. The molecule has 3 rings (SSSR count). The zero-order valence-electron chi connectivity index (χ0n) is 20.5. The van der Waals surface area contributed by atoms with Crippen LogP contribution in [0.25, 0.3) is 0 Å². The smallest absolute Gasteiger partial charge is 0.269 e. The van der Waals surface area contributed by atoms with Crippen molar-refractivity contribution < 1.29 is 22.7 Å². The highest BCUT2D eigenvalue weighted by molar-refractivity contribution is 7.89. The van der Waals surface area contributed by atoms with Crippen LogP contribution in [0.4, 0.5) is 17.1 Å². The fourth-order valence-electron chi connectivity index (χ4n) is 3.87. The van der Waals surface area contributed by atoms with E-state index in [2.05, 4.69) is 20.3 Å². The number of sulfonamides is 1. The Balaban J connectivity index is 1.72. The van der Waals surface area contributed by atoms with Gasteiger partial charge >= 0.3 is 0 Å². The van der Waals surface area contributed by atoms with Crippen LogP contribution in [-0.2, 0) is 37.3 Å². The second-order valence-electron chi connectivity index (χ2n) is 8.16. The molecule has 0 bridgehead atoms. The fraction of sp³-hybridized carbons (Fsp3) is 0.333. The molecule has 0 radical (unpaired) electrons. The molecule has 3 N–H and O–H groups in total. The molecule has 0 saturated heterocycles. The standard InChI is InChI=1S/C24H30N6O5S/c1-4-30(5-2,17-36(32,33)26-3)21-10-8-20(9-11-21)28-29-24(15-34-16-25)35-14-18-6-7-19-13-23(31)27-22(19)12-18/h6-12,15-16,25-26H,4-5,13-14,17H2,1-3H3/p+1/b24-15+,25-16?,29-28?. The minimum atomic E-state index is -3.42. The molecule has 1 heterocycles. The molecule has 11 nitrogen and oxygen atoms in total. The summed E-state index contributed by atoms with van der Waals surface area (Å²) in [6, 6.07) is 12.8. The minimum absolute atomic E-state index is 0.0413. The van der Waals surface area contributed by atoms with Crippen molar-refractivity contribution in [2.45, 2.75) is 26.9 Å². The number of ether oxygens (including phenoxy) is 2. The normalized spacial score (nSPS) is 14.0. The number of hydrogen-bond donors (Lipinski definition) is 3. The predicted octanol–water partition coefficient (Wildman–Crippen LogP) is 3.76. The third-order valence-corrected chi connectivity index (χ3v) is 7.48. The van der Waals surface area contributed by atoms with Crippen molar-refractivity contribution in [1.82, 2.24) is 9.21 Å². The first-order valence-corrected chi connectivity index (χ1v) is 13.1. The lowest BCUT2D eigenvalue weighted by Crippen LogP contribution is -2.53. The average Bonchev–Trinajstić information content (AvgIpc) is 3.26. The third kappa shape index (κ3) is 6.74. The number of hydrogen-bond acceptors (Lipinski definition) is 8. The number of carbonyl (C=O) groups excluding carboxylic acids is 1. The van der Waals surface area contributed by atoms with Gasteiger partial charge in [0.1, 0.15) is 12.3 Å². The van der Waals surface area contributed by atoms with Gasteiger partial charge in [-0.25, -0.2) is 13.1 Å². The average molecular weight is 516 g/mol. The van der Waals surface area contributed by atoms with Crippen LogP contribution in [-0.4, -0.2) is 46.7 Å². The maximum Gasteiger partial charge on any atom is 0.269 e. The molecule has 0 unspecified atom stereocenters. The van der Waals surface area contributed by atoms with E-state index in [9.17, 15) is 13.2 Å². The molecule has 0 atom stereocenters. The zero-order chi connectivity index (χ0) is 26.2. The SMILES string of the molecule is CC[N+](CC)(CS(=O)(=O)NC)c1ccc(N=N/C(=C\OC=N)OCc2ccc3c(c2)NC(=O)C3)cc1. The second kappa shape index (κ2) is 11.9. The molecule has 0 aromatic heterocycles. The van der Waals surface area contributed by atoms with Crippen molar-refractivity contribution in [1.29, 1.82) is 5.41 Å². The number of fused-ring (bicyclic) bond motifs is 1. The predicted molar refractivity (Wildman–Crippen MR) is 138 cm³/mol. The molecule has 2 aromatic carbocycles. The molecule has 1 aliphatic rings. The van der Waals surface area contributed by atoms with E-state index < -0.39 is 10.0 Å². The number of amides is 1. The van der Waals surface area contributed by atoms with Gasteiger partial charge in [0.05, 0.1) is 25.2 Å². The maximum absolute atomic E-state index is 12.2. The number of anilines is 1. The van der Waals surface area contributed by atoms with Gasteiger partial charge < -0.3 is 14.8 Å². The van der Waals surface area contributed by atoms with Gasteiger partial charge in [-0.2, -0.15) is 0 Å². The Bertz CT molecular complexity index is 1250. The van der Waals surface area contributed by atoms with Gasteiger partial charge in [0.15, 0.2) is 18.5 Å². The summed E-state index contributed by atoms with van der Waals surface area (Å²) >= 11 is 0. The molecule has 1 aliphatic heterocycles. The Morgan fingerprint density at radius 2 is 1.92 bits per heavy atom. The largest absolute Gasteiger partial charge is 0.470 e. The van der Waals surface area contributed by atoms with Crippen LogP contribution in [0.15, 0.2) is 64.8 Å². The van der Waals surface area contributed by atoms with Gasteiger partial charge in [0.25, 0.3) is 15.9 Å². The van der Waals surface area contributed by atoms with Gasteiger partial charge in [-0.15, -0.1) is 10.2 Å². The molecule has 192 valence electrons. The molecule has 0 spiro atoms. The van der Waals surface area contributed by atoms with Crippen molar-refractivity contribution in [3.8, 4) is 0 Å². The van der Waals surface area contributed by atoms with Gasteiger partial charge in [0.2, 0.25) is 5.91 Å². The number of azo groups is 1.